The van der Waals surface area contributed by atoms with Gasteiger partial charge in [0.15, 0.2) is 5.96 Å². The van der Waals surface area contributed by atoms with E-state index in [1.165, 1.54) is 0 Å². The first-order chi connectivity index (χ1) is 14.7. The highest BCUT2D eigenvalue weighted by Crippen LogP contribution is 2.21. The number of amides is 2. The number of hydrogen-bond donors (Lipinski definition) is 2. The maximum atomic E-state index is 12.1. The van der Waals surface area contributed by atoms with Crippen LogP contribution in [0.5, 0.6) is 0 Å². The number of carbonyl (C=O) groups excluding carboxylic acids is 2. The summed E-state index contributed by atoms with van der Waals surface area (Å²) < 4.78 is 0. The molecule has 0 atom stereocenters. The van der Waals surface area contributed by atoms with Crippen LogP contribution in [0.4, 0.5) is 5.69 Å². The second-order valence-electron chi connectivity index (χ2n) is 7.98. The Morgan fingerprint density at radius 3 is 2.50 bits per heavy atom. The molecule has 2 saturated heterocycles. The fourth-order valence-electron chi connectivity index (χ4n) is 3.97. The topological polar surface area (TPSA) is 77.0 Å². The number of hydrogen-bond acceptors (Lipinski definition) is 3. The molecule has 2 fully saturated rings. The SMILES string of the molecule is CCNC(=NCc1ccc(N2CCCC2=O)cc1)NCCCN1CCCCCC1=O. The molecular weight excluding hydrogens is 378 g/mol. The quantitative estimate of drug-likeness (QED) is 0.390. The summed E-state index contributed by atoms with van der Waals surface area (Å²) in [5.74, 6) is 1.30. The monoisotopic (exact) mass is 413 g/mol. The molecule has 7 nitrogen and oxygen atoms in total. The van der Waals surface area contributed by atoms with E-state index < -0.39 is 0 Å². The normalized spacial score (nSPS) is 18.0. The predicted octanol–water partition coefficient (Wildman–Crippen LogP) is 2.66. The second kappa shape index (κ2) is 11.6. The highest BCUT2D eigenvalue weighted by molar-refractivity contribution is 5.95. The van der Waals surface area contributed by atoms with Crippen LogP contribution in [0.3, 0.4) is 0 Å². The summed E-state index contributed by atoms with van der Waals surface area (Å²) >= 11 is 0. The van der Waals surface area contributed by atoms with Gasteiger partial charge in [-0.25, -0.2) is 4.99 Å². The summed E-state index contributed by atoms with van der Waals surface area (Å²) in [6, 6.07) is 8.09. The van der Waals surface area contributed by atoms with Crippen LogP contribution in [-0.4, -0.2) is 55.4 Å². The Labute approximate surface area is 179 Å². The Bertz CT molecular complexity index is 732. The first-order valence-electron chi connectivity index (χ1n) is 11.4. The predicted molar refractivity (Wildman–Crippen MR) is 121 cm³/mol. The number of aliphatic imine (C=N–C) groups is 1. The zero-order chi connectivity index (χ0) is 21.2. The maximum absolute atomic E-state index is 12.1. The number of anilines is 1. The summed E-state index contributed by atoms with van der Waals surface area (Å²) in [6.07, 6.45) is 6.50. The Morgan fingerprint density at radius 2 is 1.77 bits per heavy atom. The second-order valence-corrected chi connectivity index (χ2v) is 7.98. The largest absolute Gasteiger partial charge is 0.357 e. The first kappa shape index (κ1) is 22.1. The number of rotatable bonds is 8. The van der Waals surface area contributed by atoms with Crippen molar-refractivity contribution in [1.82, 2.24) is 15.5 Å². The van der Waals surface area contributed by atoms with Crippen molar-refractivity contribution >= 4 is 23.5 Å². The molecular formula is C23H35N5O2. The van der Waals surface area contributed by atoms with E-state index in [1.807, 2.05) is 34.1 Å². The van der Waals surface area contributed by atoms with E-state index in [0.29, 0.717) is 25.3 Å². The van der Waals surface area contributed by atoms with E-state index in [-0.39, 0.29) is 5.91 Å². The molecule has 7 heteroatoms. The minimum Gasteiger partial charge on any atom is -0.357 e. The van der Waals surface area contributed by atoms with E-state index in [0.717, 1.165) is 82.0 Å². The maximum Gasteiger partial charge on any atom is 0.227 e. The molecule has 0 bridgehead atoms. The zero-order valence-corrected chi connectivity index (χ0v) is 18.2. The van der Waals surface area contributed by atoms with Gasteiger partial charge in [-0.15, -0.1) is 0 Å². The Balaban J connectivity index is 1.45. The van der Waals surface area contributed by atoms with Crippen LogP contribution in [-0.2, 0) is 16.1 Å². The molecule has 0 radical (unpaired) electrons. The van der Waals surface area contributed by atoms with Crippen molar-refractivity contribution in [3.8, 4) is 0 Å². The van der Waals surface area contributed by atoms with E-state index in [1.54, 1.807) is 0 Å². The third kappa shape index (κ3) is 6.47. The standard InChI is InChI=1S/C23H35N5O2/c1-2-24-23(25-14-7-16-27-15-5-3-4-8-21(27)29)26-18-19-10-12-20(13-11-19)28-17-6-9-22(28)30/h10-13H,2-9,14-18H2,1H3,(H2,24,25,26). The smallest absolute Gasteiger partial charge is 0.227 e. The molecule has 0 aliphatic carbocycles. The van der Waals surface area contributed by atoms with Gasteiger partial charge < -0.3 is 20.4 Å². The molecule has 164 valence electrons. The molecule has 2 aliphatic heterocycles. The third-order valence-corrected chi connectivity index (χ3v) is 5.65. The van der Waals surface area contributed by atoms with Crippen LogP contribution >= 0.6 is 0 Å². The van der Waals surface area contributed by atoms with Gasteiger partial charge in [0.2, 0.25) is 11.8 Å². The van der Waals surface area contributed by atoms with Crippen LogP contribution in [0.1, 0.15) is 57.4 Å². The molecule has 0 unspecified atom stereocenters. The van der Waals surface area contributed by atoms with Crippen molar-refractivity contribution in [3.63, 3.8) is 0 Å². The van der Waals surface area contributed by atoms with Gasteiger partial charge in [-0.05, 0) is 50.3 Å². The summed E-state index contributed by atoms with van der Waals surface area (Å²) in [6.45, 7) is 6.73. The Morgan fingerprint density at radius 1 is 0.967 bits per heavy atom. The molecule has 0 aromatic heterocycles. The van der Waals surface area contributed by atoms with Crippen molar-refractivity contribution in [3.05, 3.63) is 29.8 Å². The van der Waals surface area contributed by atoms with Gasteiger partial charge in [0.25, 0.3) is 0 Å². The lowest BCUT2D eigenvalue weighted by Gasteiger charge is -2.20. The number of benzene rings is 1. The summed E-state index contributed by atoms with van der Waals surface area (Å²) in [5, 5.41) is 6.65. The van der Waals surface area contributed by atoms with Crippen molar-refractivity contribution < 1.29 is 9.59 Å². The van der Waals surface area contributed by atoms with Gasteiger partial charge in [-0.3, -0.25) is 9.59 Å². The van der Waals surface area contributed by atoms with Crippen molar-refractivity contribution in [2.45, 2.75) is 58.4 Å². The molecule has 2 heterocycles. The number of likely N-dealkylation sites (tertiary alicyclic amines) is 1. The van der Waals surface area contributed by atoms with E-state index in [4.69, 9.17) is 0 Å². The lowest BCUT2D eigenvalue weighted by molar-refractivity contribution is -0.130. The average molecular weight is 414 g/mol. The van der Waals surface area contributed by atoms with Crippen LogP contribution in [0, 0.1) is 0 Å². The molecule has 1 aromatic carbocycles. The van der Waals surface area contributed by atoms with Crippen molar-refractivity contribution in [2.24, 2.45) is 4.99 Å². The molecule has 2 amide bonds. The average Bonchev–Trinajstić information content (AvgIpc) is 3.08. The molecule has 2 N–H and O–H groups in total. The summed E-state index contributed by atoms with van der Waals surface area (Å²) in [5.41, 5.74) is 2.08. The third-order valence-electron chi connectivity index (χ3n) is 5.65. The molecule has 30 heavy (non-hydrogen) atoms. The molecule has 3 rings (SSSR count). The Hall–Kier alpha value is -2.57. The van der Waals surface area contributed by atoms with Crippen molar-refractivity contribution in [1.29, 1.82) is 0 Å². The number of nitrogens with zero attached hydrogens (tertiary/aromatic N) is 3. The van der Waals surface area contributed by atoms with Crippen LogP contribution in [0.2, 0.25) is 0 Å². The van der Waals surface area contributed by atoms with E-state index in [9.17, 15) is 9.59 Å². The van der Waals surface area contributed by atoms with Gasteiger partial charge in [0.05, 0.1) is 6.54 Å². The fourth-order valence-corrected chi connectivity index (χ4v) is 3.97. The minimum absolute atomic E-state index is 0.210. The van der Waals surface area contributed by atoms with Gasteiger partial charge >= 0.3 is 0 Å². The molecule has 0 saturated carbocycles. The van der Waals surface area contributed by atoms with Crippen LogP contribution in [0.15, 0.2) is 29.3 Å². The number of nitrogens with one attached hydrogen (secondary N) is 2. The zero-order valence-electron chi connectivity index (χ0n) is 18.2. The minimum atomic E-state index is 0.210. The van der Waals surface area contributed by atoms with Gasteiger partial charge in [-0.1, -0.05) is 18.6 Å². The van der Waals surface area contributed by atoms with Gasteiger partial charge in [0.1, 0.15) is 0 Å². The lowest BCUT2D eigenvalue weighted by atomic mass is 10.2. The van der Waals surface area contributed by atoms with E-state index >= 15 is 0 Å². The van der Waals surface area contributed by atoms with E-state index in [2.05, 4.69) is 22.5 Å². The van der Waals surface area contributed by atoms with Crippen molar-refractivity contribution in [2.75, 3.05) is 37.6 Å². The van der Waals surface area contributed by atoms with Crippen LogP contribution in [0.25, 0.3) is 0 Å². The van der Waals surface area contributed by atoms with Gasteiger partial charge in [-0.2, -0.15) is 0 Å². The lowest BCUT2D eigenvalue weighted by Crippen LogP contribution is -2.39. The summed E-state index contributed by atoms with van der Waals surface area (Å²) in [7, 11) is 0. The van der Waals surface area contributed by atoms with Gasteiger partial charge in [0, 0.05) is 51.3 Å². The highest BCUT2D eigenvalue weighted by atomic mass is 16.2. The molecule has 0 spiro atoms. The fraction of sp³-hybridized carbons (Fsp3) is 0.609. The Kier molecular flexibility index (Phi) is 8.53. The summed E-state index contributed by atoms with van der Waals surface area (Å²) in [4.78, 5) is 32.5. The first-order valence-corrected chi connectivity index (χ1v) is 11.4. The van der Waals surface area contributed by atoms with Crippen LogP contribution < -0.4 is 15.5 Å². The highest BCUT2D eigenvalue weighted by Gasteiger charge is 2.21. The molecule has 2 aliphatic rings. The molecule has 1 aromatic rings. The number of guanidine groups is 1. The number of carbonyl (C=O) groups is 2.